The smallest absolute Gasteiger partial charge is 0.243 e. The standard InChI is InChI=1S/C16H22FN5/c1-5-13-14(6-2)20-21-16(19-13)18-10-11-7-8-15(22(3)4)12(17)9-11/h7-9H,5-6,10H2,1-4H3,(H,18,19,21). The van der Waals surface area contributed by atoms with Gasteiger partial charge in [-0.15, -0.1) is 5.10 Å². The van der Waals surface area contributed by atoms with Gasteiger partial charge in [0.15, 0.2) is 0 Å². The first-order chi connectivity index (χ1) is 10.5. The van der Waals surface area contributed by atoms with E-state index in [1.807, 2.05) is 34.0 Å². The zero-order chi connectivity index (χ0) is 16.1. The van der Waals surface area contributed by atoms with Gasteiger partial charge in [-0.1, -0.05) is 19.9 Å². The van der Waals surface area contributed by atoms with Crippen molar-refractivity contribution in [1.82, 2.24) is 15.2 Å². The third-order valence-electron chi connectivity index (χ3n) is 3.45. The normalized spacial score (nSPS) is 10.6. The predicted molar refractivity (Wildman–Crippen MR) is 86.6 cm³/mol. The van der Waals surface area contributed by atoms with Crippen LogP contribution in [0.2, 0.25) is 0 Å². The third kappa shape index (κ3) is 3.69. The molecule has 0 aliphatic carbocycles. The summed E-state index contributed by atoms with van der Waals surface area (Å²) in [4.78, 5) is 6.21. The lowest BCUT2D eigenvalue weighted by Gasteiger charge is -2.14. The maximum atomic E-state index is 13.9. The first-order valence-electron chi connectivity index (χ1n) is 7.47. The fourth-order valence-electron chi connectivity index (χ4n) is 2.22. The Labute approximate surface area is 130 Å². The van der Waals surface area contributed by atoms with Crippen molar-refractivity contribution in [3.8, 4) is 0 Å². The highest BCUT2D eigenvalue weighted by molar-refractivity contribution is 5.48. The number of benzene rings is 1. The average molecular weight is 303 g/mol. The van der Waals surface area contributed by atoms with Gasteiger partial charge in [0, 0.05) is 20.6 Å². The van der Waals surface area contributed by atoms with Gasteiger partial charge in [0.1, 0.15) is 5.82 Å². The van der Waals surface area contributed by atoms with Crippen LogP contribution in [0.4, 0.5) is 16.0 Å². The summed E-state index contributed by atoms with van der Waals surface area (Å²) in [5, 5.41) is 11.3. The molecular weight excluding hydrogens is 281 g/mol. The summed E-state index contributed by atoms with van der Waals surface area (Å²) in [7, 11) is 3.63. The van der Waals surface area contributed by atoms with Gasteiger partial charge in [-0.05, 0) is 30.5 Å². The Balaban J connectivity index is 2.08. The van der Waals surface area contributed by atoms with E-state index in [0.29, 0.717) is 18.2 Å². The monoisotopic (exact) mass is 303 g/mol. The molecule has 0 radical (unpaired) electrons. The molecule has 0 saturated heterocycles. The first-order valence-corrected chi connectivity index (χ1v) is 7.47. The second-order valence-electron chi connectivity index (χ2n) is 5.27. The van der Waals surface area contributed by atoms with Gasteiger partial charge >= 0.3 is 0 Å². The van der Waals surface area contributed by atoms with E-state index in [1.54, 1.807) is 11.0 Å². The molecule has 1 N–H and O–H groups in total. The average Bonchev–Trinajstić information content (AvgIpc) is 2.52. The van der Waals surface area contributed by atoms with Crippen molar-refractivity contribution >= 4 is 11.6 Å². The number of aromatic nitrogens is 3. The van der Waals surface area contributed by atoms with Gasteiger partial charge in [-0.3, -0.25) is 0 Å². The van der Waals surface area contributed by atoms with E-state index >= 15 is 0 Å². The van der Waals surface area contributed by atoms with Crippen LogP contribution in [-0.2, 0) is 19.4 Å². The summed E-state index contributed by atoms with van der Waals surface area (Å²) in [5.74, 6) is 0.241. The molecule has 0 aliphatic heterocycles. The highest BCUT2D eigenvalue weighted by Crippen LogP contribution is 2.18. The molecule has 2 aromatic rings. The number of halogens is 1. The van der Waals surface area contributed by atoms with Crippen LogP contribution in [-0.4, -0.2) is 29.3 Å². The quantitative estimate of drug-likeness (QED) is 0.889. The van der Waals surface area contributed by atoms with E-state index in [1.165, 1.54) is 6.07 Å². The van der Waals surface area contributed by atoms with E-state index in [4.69, 9.17) is 0 Å². The van der Waals surface area contributed by atoms with Crippen molar-refractivity contribution in [2.45, 2.75) is 33.2 Å². The number of anilines is 2. The molecule has 5 nitrogen and oxygen atoms in total. The second-order valence-corrected chi connectivity index (χ2v) is 5.27. The Morgan fingerprint density at radius 2 is 1.82 bits per heavy atom. The molecule has 118 valence electrons. The van der Waals surface area contributed by atoms with Crippen LogP contribution >= 0.6 is 0 Å². The number of rotatable bonds is 6. The Kier molecular flexibility index (Phi) is 5.25. The molecule has 0 fully saturated rings. The molecule has 6 heteroatoms. The summed E-state index contributed by atoms with van der Waals surface area (Å²) in [5.41, 5.74) is 3.29. The minimum atomic E-state index is -0.237. The van der Waals surface area contributed by atoms with E-state index in [9.17, 15) is 4.39 Å². The lowest BCUT2D eigenvalue weighted by Crippen LogP contribution is -2.12. The Morgan fingerprint density at radius 3 is 2.41 bits per heavy atom. The van der Waals surface area contributed by atoms with Gasteiger partial charge in [0.05, 0.1) is 17.1 Å². The summed E-state index contributed by atoms with van der Waals surface area (Å²) >= 11 is 0. The van der Waals surface area contributed by atoms with Gasteiger partial charge in [0.2, 0.25) is 5.95 Å². The van der Waals surface area contributed by atoms with Crippen molar-refractivity contribution in [3.05, 3.63) is 41.0 Å². The molecule has 1 aromatic heterocycles. The molecule has 0 bridgehead atoms. The van der Waals surface area contributed by atoms with Gasteiger partial charge < -0.3 is 10.2 Å². The van der Waals surface area contributed by atoms with E-state index in [0.717, 1.165) is 29.8 Å². The van der Waals surface area contributed by atoms with Crippen LogP contribution in [0, 0.1) is 5.82 Å². The third-order valence-corrected chi connectivity index (χ3v) is 3.45. The van der Waals surface area contributed by atoms with Crippen LogP contribution in [0.15, 0.2) is 18.2 Å². The van der Waals surface area contributed by atoms with Crippen molar-refractivity contribution in [2.24, 2.45) is 0 Å². The summed E-state index contributed by atoms with van der Waals surface area (Å²) in [6, 6.07) is 5.18. The first kappa shape index (κ1) is 16.1. The molecule has 0 aliphatic rings. The number of nitrogens with zero attached hydrogens (tertiary/aromatic N) is 4. The van der Waals surface area contributed by atoms with Crippen molar-refractivity contribution in [1.29, 1.82) is 0 Å². The lowest BCUT2D eigenvalue weighted by atomic mass is 10.2. The fraction of sp³-hybridized carbons (Fsp3) is 0.438. The number of aryl methyl sites for hydroxylation is 2. The molecule has 0 unspecified atom stereocenters. The molecular formula is C16H22FN5. The zero-order valence-electron chi connectivity index (χ0n) is 13.5. The molecule has 0 spiro atoms. The zero-order valence-corrected chi connectivity index (χ0v) is 13.5. The summed E-state index contributed by atoms with van der Waals surface area (Å²) in [6.45, 7) is 4.54. The second kappa shape index (κ2) is 7.15. The highest BCUT2D eigenvalue weighted by Gasteiger charge is 2.08. The van der Waals surface area contributed by atoms with Crippen LogP contribution in [0.5, 0.6) is 0 Å². The summed E-state index contributed by atoms with van der Waals surface area (Å²) < 4.78 is 13.9. The topological polar surface area (TPSA) is 53.9 Å². The SMILES string of the molecule is CCc1nnc(NCc2ccc(N(C)C)c(F)c2)nc1CC. The van der Waals surface area contributed by atoms with Crippen molar-refractivity contribution < 1.29 is 4.39 Å². The van der Waals surface area contributed by atoms with Crippen LogP contribution in [0.25, 0.3) is 0 Å². The van der Waals surface area contributed by atoms with Crippen LogP contribution in [0.3, 0.4) is 0 Å². The molecule has 1 heterocycles. The maximum Gasteiger partial charge on any atom is 0.243 e. The van der Waals surface area contributed by atoms with Gasteiger partial charge in [-0.25, -0.2) is 9.37 Å². The Bertz CT molecular complexity index is 642. The Hall–Kier alpha value is -2.24. The fourth-order valence-corrected chi connectivity index (χ4v) is 2.22. The highest BCUT2D eigenvalue weighted by atomic mass is 19.1. The van der Waals surface area contributed by atoms with E-state index in [-0.39, 0.29) is 5.82 Å². The van der Waals surface area contributed by atoms with Gasteiger partial charge in [0.25, 0.3) is 0 Å². The lowest BCUT2D eigenvalue weighted by molar-refractivity contribution is 0.624. The van der Waals surface area contributed by atoms with Crippen LogP contribution < -0.4 is 10.2 Å². The number of hydrogen-bond acceptors (Lipinski definition) is 5. The largest absolute Gasteiger partial charge is 0.375 e. The molecule has 0 saturated carbocycles. The maximum absolute atomic E-state index is 13.9. The molecule has 2 rings (SSSR count). The van der Waals surface area contributed by atoms with E-state index < -0.39 is 0 Å². The molecule has 1 aromatic carbocycles. The van der Waals surface area contributed by atoms with E-state index in [2.05, 4.69) is 20.5 Å². The summed E-state index contributed by atoms with van der Waals surface area (Å²) in [6.07, 6.45) is 1.64. The van der Waals surface area contributed by atoms with Crippen LogP contribution in [0.1, 0.15) is 30.8 Å². The number of nitrogens with one attached hydrogen (secondary N) is 1. The molecule has 0 atom stereocenters. The van der Waals surface area contributed by atoms with Crippen molar-refractivity contribution in [2.75, 3.05) is 24.3 Å². The minimum Gasteiger partial charge on any atom is -0.375 e. The minimum absolute atomic E-state index is 0.237. The van der Waals surface area contributed by atoms with Gasteiger partial charge in [-0.2, -0.15) is 5.10 Å². The Morgan fingerprint density at radius 1 is 1.09 bits per heavy atom. The predicted octanol–water partition coefficient (Wildman–Crippen LogP) is 2.81. The molecule has 0 amide bonds. The van der Waals surface area contributed by atoms with Crippen molar-refractivity contribution in [3.63, 3.8) is 0 Å². The number of hydrogen-bond donors (Lipinski definition) is 1. The molecule has 22 heavy (non-hydrogen) atoms.